The number of ether oxygens (including phenoxy) is 2. The molecule has 0 aliphatic carbocycles. The average Bonchev–Trinajstić information content (AvgIpc) is 3.16. The Morgan fingerprint density at radius 2 is 1.97 bits per heavy atom. The van der Waals surface area contributed by atoms with Crippen LogP contribution in [-0.2, 0) is 6.42 Å². The fourth-order valence-electron chi connectivity index (χ4n) is 2.87. The molecule has 3 aromatic rings. The minimum atomic E-state index is -2.96. The van der Waals surface area contributed by atoms with E-state index in [1.807, 2.05) is 13.0 Å². The second-order valence-electron chi connectivity index (χ2n) is 6.94. The lowest BCUT2D eigenvalue weighted by Gasteiger charge is -2.15. The molecule has 30 heavy (non-hydrogen) atoms. The van der Waals surface area contributed by atoms with Gasteiger partial charge in [-0.2, -0.15) is 8.78 Å². The van der Waals surface area contributed by atoms with Crippen molar-refractivity contribution in [2.45, 2.75) is 46.3 Å². The number of hydrogen-bond acceptors (Lipinski definition) is 6. The van der Waals surface area contributed by atoms with Crippen LogP contribution in [0.2, 0.25) is 0 Å². The Balaban J connectivity index is 1.73. The van der Waals surface area contributed by atoms with Crippen molar-refractivity contribution in [1.29, 1.82) is 0 Å². The van der Waals surface area contributed by atoms with Crippen LogP contribution in [0, 0.1) is 6.92 Å². The molecule has 0 amide bonds. The second-order valence-corrected chi connectivity index (χ2v) is 6.94. The van der Waals surface area contributed by atoms with E-state index in [9.17, 15) is 13.6 Å². The smallest absolute Gasteiger partial charge is 0.387 e. The zero-order chi connectivity index (χ0) is 21.7. The number of pyridine rings is 1. The maximum atomic E-state index is 12.6. The summed E-state index contributed by atoms with van der Waals surface area (Å²) in [5.74, 6) is 0.330. The van der Waals surface area contributed by atoms with Gasteiger partial charge in [-0.3, -0.25) is 9.78 Å². The molecular formula is C22H22F2N2O4. The van der Waals surface area contributed by atoms with Crippen LogP contribution in [0.4, 0.5) is 8.78 Å². The van der Waals surface area contributed by atoms with Gasteiger partial charge in [-0.15, -0.1) is 0 Å². The predicted octanol–water partition coefficient (Wildman–Crippen LogP) is 5.25. The second kappa shape index (κ2) is 9.47. The third kappa shape index (κ3) is 5.40. The van der Waals surface area contributed by atoms with Crippen LogP contribution in [0.3, 0.4) is 0 Å². The van der Waals surface area contributed by atoms with Crippen LogP contribution in [-0.4, -0.2) is 28.5 Å². The number of halogens is 2. The number of Topliss-reactive ketones (excluding diaryl/α,β-unsaturated/α-hetero) is 1. The fourth-order valence-corrected chi connectivity index (χ4v) is 2.87. The molecule has 0 N–H and O–H groups in total. The van der Waals surface area contributed by atoms with Crippen molar-refractivity contribution < 1.29 is 27.5 Å². The van der Waals surface area contributed by atoms with Crippen molar-refractivity contribution in [3.63, 3.8) is 0 Å². The van der Waals surface area contributed by atoms with Crippen molar-refractivity contribution >= 4 is 5.78 Å². The van der Waals surface area contributed by atoms with Crippen molar-refractivity contribution in [3.05, 3.63) is 59.7 Å². The van der Waals surface area contributed by atoms with Gasteiger partial charge in [0.2, 0.25) is 5.89 Å². The minimum Gasteiger partial charge on any atom is -0.487 e. The van der Waals surface area contributed by atoms with Gasteiger partial charge in [-0.25, -0.2) is 4.98 Å². The molecule has 2 heterocycles. The Morgan fingerprint density at radius 1 is 1.17 bits per heavy atom. The molecule has 1 aromatic carbocycles. The molecule has 6 nitrogen and oxygen atoms in total. The molecule has 8 heteroatoms. The number of carbonyl (C=O) groups is 1. The van der Waals surface area contributed by atoms with Crippen molar-refractivity contribution in [2.24, 2.45) is 0 Å². The molecule has 0 atom stereocenters. The normalized spacial score (nSPS) is 11.2. The summed E-state index contributed by atoms with van der Waals surface area (Å²) in [6, 6.07) is 8.10. The zero-order valence-corrected chi connectivity index (χ0v) is 16.9. The molecule has 0 aliphatic rings. The number of nitrogens with zero attached hydrogens (tertiary/aromatic N) is 2. The number of hydrogen-bond donors (Lipinski definition) is 0. The van der Waals surface area contributed by atoms with E-state index >= 15 is 0 Å². The van der Waals surface area contributed by atoms with E-state index in [0.717, 1.165) is 5.56 Å². The Labute approximate surface area is 172 Å². The van der Waals surface area contributed by atoms with Gasteiger partial charge >= 0.3 is 6.61 Å². The SMILES string of the molecule is Cc1cccnc1C(=O)CCc1coc(-c2ccc(OC(F)F)c(OC(C)C)c2)n1. The van der Waals surface area contributed by atoms with Crippen LogP contribution in [0.1, 0.15) is 42.0 Å². The van der Waals surface area contributed by atoms with Gasteiger partial charge in [0.1, 0.15) is 12.0 Å². The molecule has 0 spiro atoms. The first-order valence-electron chi connectivity index (χ1n) is 9.48. The zero-order valence-electron chi connectivity index (χ0n) is 16.9. The van der Waals surface area contributed by atoms with Crippen LogP contribution >= 0.6 is 0 Å². The third-order valence-electron chi connectivity index (χ3n) is 4.20. The molecule has 0 aliphatic heterocycles. The molecule has 2 aromatic heterocycles. The molecular weight excluding hydrogens is 394 g/mol. The van der Waals surface area contributed by atoms with Crippen molar-refractivity contribution in [3.8, 4) is 23.0 Å². The Hall–Kier alpha value is -3.29. The van der Waals surface area contributed by atoms with Gasteiger partial charge in [0.15, 0.2) is 17.3 Å². The Bertz CT molecular complexity index is 1020. The van der Waals surface area contributed by atoms with E-state index in [4.69, 9.17) is 9.15 Å². The van der Waals surface area contributed by atoms with Crippen molar-refractivity contribution in [2.75, 3.05) is 0 Å². The molecule has 0 saturated carbocycles. The number of oxazole rings is 1. The lowest BCUT2D eigenvalue weighted by molar-refractivity contribution is -0.0518. The number of rotatable bonds is 9. The minimum absolute atomic E-state index is 0.0643. The summed E-state index contributed by atoms with van der Waals surface area (Å²) in [5.41, 5.74) is 2.43. The fraction of sp³-hybridized carbons (Fsp3) is 0.318. The van der Waals surface area contributed by atoms with Gasteiger partial charge in [0.05, 0.1) is 11.8 Å². The van der Waals surface area contributed by atoms with E-state index in [0.29, 0.717) is 29.3 Å². The van der Waals surface area contributed by atoms with Crippen LogP contribution in [0.5, 0.6) is 11.5 Å². The van der Waals surface area contributed by atoms with E-state index < -0.39 is 6.61 Å². The number of aromatic nitrogens is 2. The topological polar surface area (TPSA) is 74.5 Å². The summed E-state index contributed by atoms with van der Waals surface area (Å²) in [5, 5.41) is 0. The highest BCUT2D eigenvalue weighted by Gasteiger charge is 2.17. The van der Waals surface area contributed by atoms with Gasteiger partial charge in [-0.1, -0.05) is 6.07 Å². The number of ketones is 1. The van der Waals surface area contributed by atoms with Crippen LogP contribution in [0.15, 0.2) is 47.2 Å². The molecule has 0 radical (unpaired) electrons. The first kappa shape index (κ1) is 21.4. The number of alkyl halides is 2. The van der Waals surface area contributed by atoms with Gasteiger partial charge < -0.3 is 13.9 Å². The number of aryl methyl sites for hydroxylation is 2. The van der Waals surface area contributed by atoms with Gasteiger partial charge in [0, 0.05) is 24.6 Å². The number of carbonyl (C=O) groups excluding carboxylic acids is 1. The summed E-state index contributed by atoms with van der Waals surface area (Å²) in [4.78, 5) is 20.9. The third-order valence-corrected chi connectivity index (χ3v) is 4.20. The first-order valence-corrected chi connectivity index (χ1v) is 9.48. The summed E-state index contributed by atoms with van der Waals surface area (Å²) >= 11 is 0. The van der Waals surface area contributed by atoms with Gasteiger partial charge in [-0.05, 0) is 50.6 Å². The standard InChI is InChI=1S/C22H22F2N2O4/c1-13(2)29-19-11-15(6-9-18(19)30-22(23)24)21-26-16(12-28-21)7-8-17(27)20-14(3)5-4-10-25-20/h4-6,9-13,22H,7-8H2,1-3H3. The monoisotopic (exact) mass is 416 g/mol. The maximum absolute atomic E-state index is 12.6. The Morgan fingerprint density at radius 3 is 2.67 bits per heavy atom. The molecule has 0 bridgehead atoms. The van der Waals surface area contributed by atoms with E-state index in [2.05, 4.69) is 14.7 Å². The van der Waals surface area contributed by atoms with E-state index in [1.54, 1.807) is 32.2 Å². The first-order chi connectivity index (χ1) is 14.3. The lowest BCUT2D eigenvalue weighted by Crippen LogP contribution is -2.09. The highest BCUT2D eigenvalue weighted by molar-refractivity contribution is 5.95. The summed E-state index contributed by atoms with van der Waals surface area (Å²) in [7, 11) is 0. The molecule has 0 saturated heterocycles. The summed E-state index contributed by atoms with van der Waals surface area (Å²) in [6.45, 7) is 2.44. The van der Waals surface area contributed by atoms with E-state index in [1.165, 1.54) is 18.4 Å². The molecule has 0 fully saturated rings. The Kier molecular flexibility index (Phi) is 6.76. The predicted molar refractivity (Wildman–Crippen MR) is 106 cm³/mol. The quantitative estimate of drug-likeness (QED) is 0.444. The highest BCUT2D eigenvalue weighted by Crippen LogP contribution is 2.34. The van der Waals surface area contributed by atoms with E-state index in [-0.39, 0.29) is 29.8 Å². The highest BCUT2D eigenvalue weighted by atomic mass is 19.3. The summed E-state index contributed by atoms with van der Waals surface area (Å²) in [6.07, 6.45) is 3.46. The van der Waals surface area contributed by atoms with Crippen molar-refractivity contribution in [1.82, 2.24) is 9.97 Å². The molecule has 158 valence electrons. The van der Waals surface area contributed by atoms with Crippen LogP contribution in [0.25, 0.3) is 11.5 Å². The largest absolute Gasteiger partial charge is 0.487 e. The lowest BCUT2D eigenvalue weighted by atomic mass is 10.1. The van der Waals surface area contributed by atoms with Crippen LogP contribution < -0.4 is 9.47 Å². The number of benzene rings is 1. The molecule has 3 rings (SSSR count). The maximum Gasteiger partial charge on any atom is 0.387 e. The average molecular weight is 416 g/mol. The molecule has 0 unspecified atom stereocenters. The summed E-state index contributed by atoms with van der Waals surface area (Å²) < 4.78 is 40.8. The van der Waals surface area contributed by atoms with Gasteiger partial charge in [0.25, 0.3) is 0 Å².